The van der Waals surface area contributed by atoms with Crippen molar-refractivity contribution >= 4 is 16.9 Å². The van der Waals surface area contributed by atoms with Crippen LogP contribution in [0.1, 0.15) is 46.1 Å². The van der Waals surface area contributed by atoms with Crippen LogP contribution in [0, 0.1) is 19.7 Å². The largest absolute Gasteiger partial charge is 0.331 e. The van der Waals surface area contributed by atoms with Crippen LogP contribution in [0.2, 0.25) is 0 Å². The third kappa shape index (κ3) is 2.49. The molecule has 0 radical (unpaired) electrons. The number of aromatic nitrogens is 3. The lowest BCUT2D eigenvalue weighted by molar-refractivity contribution is 0.0665. The van der Waals surface area contributed by atoms with Crippen molar-refractivity contribution in [3.63, 3.8) is 0 Å². The Morgan fingerprint density at radius 1 is 1.24 bits per heavy atom. The number of H-pyrrole nitrogens is 1. The number of benzene rings is 1. The Morgan fingerprint density at radius 3 is 2.80 bits per heavy atom. The third-order valence-electron chi connectivity index (χ3n) is 4.91. The van der Waals surface area contributed by atoms with Gasteiger partial charge in [0.25, 0.3) is 5.91 Å². The second-order valence-electron chi connectivity index (χ2n) is 6.59. The molecule has 0 spiro atoms. The smallest absolute Gasteiger partial charge is 0.290 e. The zero-order chi connectivity index (χ0) is 17.7. The number of halogens is 1. The Kier molecular flexibility index (Phi) is 3.56. The molecule has 0 aliphatic carbocycles. The standard InChI is InChI=1S/C19H19FN4O/c1-10-4-7-14(20)17-16(10)22-18(23-17)19(25)24-9-8-15-13(12(24)3)6-5-11(2)21-15/h4-7,12H,8-9H2,1-3H3,(H,22,23)/t12-/m0/s1. The molecular formula is C19H19FN4O. The maximum atomic E-state index is 14.0. The van der Waals surface area contributed by atoms with Gasteiger partial charge in [-0.3, -0.25) is 9.78 Å². The first kappa shape index (κ1) is 15.7. The fraction of sp³-hybridized carbons (Fsp3) is 0.316. The van der Waals surface area contributed by atoms with Crippen molar-refractivity contribution in [3.8, 4) is 0 Å². The summed E-state index contributed by atoms with van der Waals surface area (Å²) in [5.41, 5.74) is 4.71. The van der Waals surface area contributed by atoms with Gasteiger partial charge < -0.3 is 9.88 Å². The number of hydrogen-bond acceptors (Lipinski definition) is 3. The lowest BCUT2D eigenvalue weighted by Crippen LogP contribution is -2.39. The van der Waals surface area contributed by atoms with Crippen LogP contribution in [0.25, 0.3) is 11.0 Å². The molecule has 5 nitrogen and oxygen atoms in total. The van der Waals surface area contributed by atoms with Gasteiger partial charge in [0.15, 0.2) is 5.82 Å². The fourth-order valence-electron chi connectivity index (χ4n) is 3.50. The van der Waals surface area contributed by atoms with Crippen LogP contribution in [-0.2, 0) is 6.42 Å². The zero-order valence-electron chi connectivity index (χ0n) is 14.4. The van der Waals surface area contributed by atoms with Crippen LogP contribution < -0.4 is 0 Å². The number of imidazole rings is 1. The summed E-state index contributed by atoms with van der Waals surface area (Å²) in [5, 5.41) is 0. The van der Waals surface area contributed by atoms with Crippen LogP contribution in [-0.4, -0.2) is 32.3 Å². The number of rotatable bonds is 1. The van der Waals surface area contributed by atoms with Gasteiger partial charge in [-0.25, -0.2) is 9.37 Å². The normalized spacial score (nSPS) is 17.0. The summed E-state index contributed by atoms with van der Waals surface area (Å²) in [6, 6.07) is 6.95. The molecule has 1 amide bonds. The van der Waals surface area contributed by atoms with Crippen LogP contribution in [0.4, 0.5) is 4.39 Å². The topological polar surface area (TPSA) is 61.9 Å². The lowest BCUT2D eigenvalue weighted by Gasteiger charge is -2.34. The highest BCUT2D eigenvalue weighted by molar-refractivity contribution is 5.95. The Bertz CT molecular complexity index is 955. The summed E-state index contributed by atoms with van der Waals surface area (Å²) < 4.78 is 14.0. The molecule has 4 rings (SSSR count). The van der Waals surface area contributed by atoms with E-state index in [4.69, 9.17) is 0 Å². The Morgan fingerprint density at radius 2 is 2.04 bits per heavy atom. The Hall–Kier alpha value is -2.76. The quantitative estimate of drug-likeness (QED) is 0.739. The second-order valence-corrected chi connectivity index (χ2v) is 6.59. The summed E-state index contributed by atoms with van der Waals surface area (Å²) in [6.45, 7) is 6.38. The first-order chi connectivity index (χ1) is 12.0. The third-order valence-corrected chi connectivity index (χ3v) is 4.91. The minimum absolute atomic E-state index is 0.0940. The Labute approximate surface area is 144 Å². The van der Waals surface area contributed by atoms with E-state index in [9.17, 15) is 9.18 Å². The van der Waals surface area contributed by atoms with Gasteiger partial charge in [-0.15, -0.1) is 0 Å². The number of nitrogens with zero attached hydrogens (tertiary/aromatic N) is 3. The summed E-state index contributed by atoms with van der Waals surface area (Å²) in [4.78, 5) is 26.5. The highest BCUT2D eigenvalue weighted by Gasteiger charge is 2.30. The molecule has 0 fully saturated rings. The summed E-state index contributed by atoms with van der Waals surface area (Å²) in [5.74, 6) is -0.434. The van der Waals surface area contributed by atoms with Gasteiger partial charge in [0.1, 0.15) is 11.3 Å². The number of fused-ring (bicyclic) bond motifs is 2. The molecule has 1 aliphatic rings. The number of aryl methyl sites for hydroxylation is 2. The molecule has 3 heterocycles. The van der Waals surface area contributed by atoms with Gasteiger partial charge in [0, 0.05) is 24.4 Å². The van der Waals surface area contributed by atoms with Crippen molar-refractivity contribution in [2.45, 2.75) is 33.2 Å². The number of nitrogens with one attached hydrogen (secondary N) is 1. The molecule has 1 aromatic carbocycles. The van der Waals surface area contributed by atoms with E-state index in [-0.39, 0.29) is 23.3 Å². The highest BCUT2D eigenvalue weighted by atomic mass is 19.1. The molecule has 1 N–H and O–H groups in total. The number of amides is 1. The highest BCUT2D eigenvalue weighted by Crippen LogP contribution is 2.30. The molecule has 0 bridgehead atoms. The minimum Gasteiger partial charge on any atom is -0.331 e. The average Bonchev–Trinajstić information content (AvgIpc) is 3.04. The van der Waals surface area contributed by atoms with Crippen molar-refractivity contribution < 1.29 is 9.18 Å². The first-order valence-electron chi connectivity index (χ1n) is 8.38. The van der Waals surface area contributed by atoms with Crippen molar-refractivity contribution in [1.29, 1.82) is 0 Å². The zero-order valence-corrected chi connectivity index (χ0v) is 14.4. The van der Waals surface area contributed by atoms with Gasteiger partial charge >= 0.3 is 0 Å². The van der Waals surface area contributed by atoms with E-state index < -0.39 is 5.82 Å². The van der Waals surface area contributed by atoms with E-state index in [2.05, 4.69) is 15.0 Å². The summed E-state index contributed by atoms with van der Waals surface area (Å²) in [6.07, 6.45) is 0.709. The predicted octanol–water partition coefficient (Wildman–Crippen LogP) is 3.47. The summed E-state index contributed by atoms with van der Waals surface area (Å²) in [7, 11) is 0. The molecule has 2 aromatic heterocycles. The second kappa shape index (κ2) is 5.65. The molecule has 1 atom stereocenters. The van der Waals surface area contributed by atoms with Crippen molar-refractivity contribution in [3.05, 3.63) is 58.4 Å². The van der Waals surface area contributed by atoms with Crippen LogP contribution >= 0.6 is 0 Å². The summed E-state index contributed by atoms with van der Waals surface area (Å²) >= 11 is 0. The van der Waals surface area contributed by atoms with Crippen molar-refractivity contribution in [2.75, 3.05) is 6.54 Å². The Balaban J connectivity index is 1.71. The van der Waals surface area contributed by atoms with Gasteiger partial charge in [-0.1, -0.05) is 12.1 Å². The SMILES string of the molecule is Cc1ccc2c(n1)CCN(C(=O)c1nc3c(C)ccc(F)c3[nH]1)[C@H]2C. The van der Waals surface area contributed by atoms with E-state index in [1.165, 1.54) is 6.07 Å². The van der Waals surface area contributed by atoms with Crippen molar-refractivity contribution in [2.24, 2.45) is 0 Å². The van der Waals surface area contributed by atoms with Crippen LogP contribution in [0.3, 0.4) is 0 Å². The number of hydrogen-bond donors (Lipinski definition) is 1. The maximum absolute atomic E-state index is 14.0. The molecule has 6 heteroatoms. The molecule has 0 saturated carbocycles. The number of carbonyl (C=O) groups excluding carboxylic acids is 1. The molecule has 1 aliphatic heterocycles. The first-order valence-corrected chi connectivity index (χ1v) is 8.38. The van der Waals surface area contributed by atoms with E-state index in [0.717, 1.165) is 22.5 Å². The van der Waals surface area contributed by atoms with E-state index in [1.807, 2.05) is 32.9 Å². The lowest BCUT2D eigenvalue weighted by atomic mass is 9.97. The van der Waals surface area contributed by atoms with Gasteiger partial charge in [-0.2, -0.15) is 0 Å². The minimum atomic E-state index is -0.399. The molecule has 0 unspecified atom stereocenters. The monoisotopic (exact) mass is 338 g/mol. The number of pyridine rings is 1. The number of aromatic amines is 1. The molecule has 25 heavy (non-hydrogen) atoms. The molecule has 128 valence electrons. The molecular weight excluding hydrogens is 319 g/mol. The van der Waals surface area contributed by atoms with Gasteiger partial charge in [-0.05, 0) is 44.0 Å². The van der Waals surface area contributed by atoms with Gasteiger partial charge in [0.2, 0.25) is 0 Å². The van der Waals surface area contributed by atoms with Crippen LogP contribution in [0.15, 0.2) is 24.3 Å². The predicted molar refractivity (Wildman–Crippen MR) is 92.9 cm³/mol. The van der Waals surface area contributed by atoms with E-state index in [1.54, 1.807) is 11.0 Å². The van der Waals surface area contributed by atoms with Crippen LogP contribution in [0.5, 0.6) is 0 Å². The fourth-order valence-corrected chi connectivity index (χ4v) is 3.50. The average molecular weight is 338 g/mol. The van der Waals surface area contributed by atoms with Crippen molar-refractivity contribution in [1.82, 2.24) is 19.9 Å². The molecule has 3 aromatic rings. The number of carbonyl (C=O) groups is 1. The maximum Gasteiger partial charge on any atom is 0.290 e. The van der Waals surface area contributed by atoms with E-state index >= 15 is 0 Å². The van der Waals surface area contributed by atoms with Gasteiger partial charge in [0.05, 0.1) is 11.6 Å². The van der Waals surface area contributed by atoms with E-state index in [0.29, 0.717) is 18.5 Å². The molecule has 0 saturated heterocycles.